The van der Waals surface area contributed by atoms with Crippen molar-refractivity contribution in [1.82, 2.24) is 9.66 Å². The van der Waals surface area contributed by atoms with Crippen LogP contribution in [-0.4, -0.2) is 23.0 Å². The van der Waals surface area contributed by atoms with Crippen LogP contribution < -0.4 is 15.0 Å². The van der Waals surface area contributed by atoms with E-state index in [1.807, 2.05) is 0 Å². The smallest absolute Gasteiger partial charge is 0.416 e. The van der Waals surface area contributed by atoms with Crippen molar-refractivity contribution >= 4 is 33.0 Å². The van der Waals surface area contributed by atoms with E-state index in [2.05, 4.69) is 26.0 Å². The summed E-state index contributed by atoms with van der Waals surface area (Å²) in [4.78, 5) is 18.0. The molecule has 0 aliphatic carbocycles. The molecule has 0 bridgehead atoms. The molecule has 0 aliphatic rings. The minimum absolute atomic E-state index is 0.00353. The Hall–Kier alpha value is -4.51. The molecule has 0 spiro atoms. The van der Waals surface area contributed by atoms with E-state index < -0.39 is 23.1 Å². The molecule has 0 saturated carbocycles. The summed E-state index contributed by atoms with van der Waals surface area (Å²) in [6, 6.07) is 20.2. The average Bonchev–Trinajstić information content (AvgIpc) is 2.95. The Morgan fingerprint density at radius 3 is 2.54 bits per heavy atom. The van der Waals surface area contributed by atoms with Crippen LogP contribution in [0.3, 0.4) is 0 Å². The van der Waals surface area contributed by atoms with Crippen molar-refractivity contribution in [3.63, 3.8) is 0 Å². The summed E-state index contributed by atoms with van der Waals surface area (Å²) >= 11 is 3.41. The third-order valence-electron chi connectivity index (χ3n) is 6.05. The van der Waals surface area contributed by atoms with Crippen LogP contribution in [0.15, 0.2) is 99.3 Å². The molecule has 0 atom stereocenters. The zero-order chi connectivity index (χ0) is 29.1. The van der Waals surface area contributed by atoms with Gasteiger partial charge in [-0.25, -0.2) is 9.37 Å². The highest BCUT2D eigenvalue weighted by molar-refractivity contribution is 9.10. The van der Waals surface area contributed by atoms with E-state index in [-0.39, 0.29) is 29.1 Å². The minimum atomic E-state index is -4.60. The molecule has 0 aliphatic heterocycles. The van der Waals surface area contributed by atoms with Gasteiger partial charge in [-0.3, -0.25) is 4.79 Å². The molecule has 6 nitrogen and oxygen atoms in total. The Morgan fingerprint density at radius 2 is 1.78 bits per heavy atom. The fraction of sp³-hybridized carbons (Fsp3) is 0.100. The quantitative estimate of drug-likeness (QED) is 0.139. The highest BCUT2D eigenvalue weighted by Gasteiger charge is 2.31. The third kappa shape index (κ3) is 6.14. The van der Waals surface area contributed by atoms with Crippen molar-refractivity contribution in [2.24, 2.45) is 5.10 Å². The fourth-order valence-corrected chi connectivity index (χ4v) is 4.60. The van der Waals surface area contributed by atoms with Crippen molar-refractivity contribution in [1.29, 1.82) is 0 Å². The molecular weight excluding hydrogens is 606 g/mol. The fourth-order valence-electron chi connectivity index (χ4n) is 4.15. The third-order valence-corrected chi connectivity index (χ3v) is 6.51. The van der Waals surface area contributed by atoms with Gasteiger partial charge in [0.1, 0.15) is 12.4 Å². The molecule has 5 aromatic rings. The number of hydrogen-bond acceptors (Lipinski definition) is 5. The molecular formula is C30H20BrF4N3O3. The summed E-state index contributed by atoms with van der Waals surface area (Å²) in [7, 11) is 1.45. The highest BCUT2D eigenvalue weighted by Crippen LogP contribution is 2.35. The molecule has 0 amide bonds. The van der Waals surface area contributed by atoms with E-state index in [1.165, 1.54) is 37.6 Å². The van der Waals surface area contributed by atoms with Crippen LogP contribution in [0, 0.1) is 5.82 Å². The lowest BCUT2D eigenvalue weighted by Gasteiger charge is -2.15. The van der Waals surface area contributed by atoms with Crippen LogP contribution in [0.2, 0.25) is 0 Å². The second-order valence-corrected chi connectivity index (χ2v) is 9.75. The van der Waals surface area contributed by atoms with Gasteiger partial charge < -0.3 is 9.47 Å². The van der Waals surface area contributed by atoms with Gasteiger partial charge >= 0.3 is 6.18 Å². The number of alkyl halides is 3. The summed E-state index contributed by atoms with van der Waals surface area (Å²) in [6.45, 7) is 0.00353. The zero-order valence-corrected chi connectivity index (χ0v) is 22.9. The van der Waals surface area contributed by atoms with Crippen molar-refractivity contribution in [3.8, 4) is 22.9 Å². The average molecular weight is 626 g/mol. The first-order valence-electron chi connectivity index (χ1n) is 12.1. The number of benzene rings is 4. The Morgan fingerprint density at radius 1 is 1.00 bits per heavy atom. The Kier molecular flexibility index (Phi) is 7.89. The highest BCUT2D eigenvalue weighted by atomic mass is 79.9. The molecule has 4 aromatic carbocycles. The molecule has 0 saturated heterocycles. The summed E-state index contributed by atoms with van der Waals surface area (Å²) < 4.78 is 67.2. The van der Waals surface area contributed by atoms with Crippen LogP contribution in [0.5, 0.6) is 11.5 Å². The number of hydrogen-bond donors (Lipinski definition) is 0. The van der Waals surface area contributed by atoms with Gasteiger partial charge in [0.25, 0.3) is 5.56 Å². The maximum absolute atomic E-state index is 13.7. The number of methoxy groups -OCH3 is 1. The van der Waals surface area contributed by atoms with Crippen molar-refractivity contribution < 1.29 is 27.0 Å². The van der Waals surface area contributed by atoms with E-state index in [1.54, 1.807) is 48.5 Å². The predicted octanol–water partition coefficient (Wildman–Crippen LogP) is 7.45. The lowest BCUT2D eigenvalue weighted by atomic mass is 10.1. The Balaban J connectivity index is 1.64. The maximum atomic E-state index is 13.7. The predicted molar refractivity (Wildman–Crippen MR) is 151 cm³/mol. The van der Waals surface area contributed by atoms with Gasteiger partial charge in [-0.2, -0.15) is 22.9 Å². The standard InChI is InChI=1S/C30H20BrF4N3O3/c1-40-26-15-22(31)14-20(27(26)41-17-18-6-4-9-23(32)12-18)16-36-38-28(19-7-5-8-21(13-19)30(33,34)35)37-25-11-3-2-10-24(25)29(38)39/h2-16H,17H2,1H3. The van der Waals surface area contributed by atoms with Gasteiger partial charge in [0, 0.05) is 15.6 Å². The molecule has 0 fully saturated rings. The first-order chi connectivity index (χ1) is 19.6. The van der Waals surface area contributed by atoms with Crippen LogP contribution in [0.4, 0.5) is 17.6 Å². The Labute approximate surface area is 239 Å². The first-order valence-corrected chi connectivity index (χ1v) is 12.9. The first kappa shape index (κ1) is 28.0. The number of ether oxygens (including phenoxy) is 2. The van der Waals surface area contributed by atoms with Crippen molar-refractivity contribution in [3.05, 3.63) is 122 Å². The summed E-state index contributed by atoms with van der Waals surface area (Å²) in [5, 5.41) is 4.59. The van der Waals surface area contributed by atoms with Crippen LogP contribution >= 0.6 is 15.9 Å². The molecule has 5 rings (SSSR count). The van der Waals surface area contributed by atoms with Crippen LogP contribution in [0.1, 0.15) is 16.7 Å². The monoisotopic (exact) mass is 625 g/mol. The normalized spacial score (nSPS) is 11.8. The summed E-state index contributed by atoms with van der Waals surface area (Å²) in [5.41, 5.74) is -0.169. The van der Waals surface area contributed by atoms with Crippen molar-refractivity contribution in [2.75, 3.05) is 7.11 Å². The topological polar surface area (TPSA) is 65.7 Å². The lowest BCUT2D eigenvalue weighted by Crippen LogP contribution is -2.20. The molecule has 0 unspecified atom stereocenters. The van der Waals surface area contributed by atoms with Gasteiger partial charge in [0.2, 0.25) is 0 Å². The summed E-state index contributed by atoms with van der Waals surface area (Å²) in [6.07, 6.45) is -3.27. The number of para-hydroxylation sites is 1. The molecule has 0 radical (unpaired) electrons. The van der Waals surface area contributed by atoms with E-state index in [0.29, 0.717) is 26.9 Å². The molecule has 11 heteroatoms. The minimum Gasteiger partial charge on any atom is -0.493 e. The zero-order valence-electron chi connectivity index (χ0n) is 21.3. The largest absolute Gasteiger partial charge is 0.493 e. The molecule has 1 heterocycles. The van der Waals surface area contributed by atoms with Crippen LogP contribution in [0.25, 0.3) is 22.3 Å². The van der Waals surface area contributed by atoms with E-state index in [9.17, 15) is 22.4 Å². The van der Waals surface area contributed by atoms with Gasteiger partial charge in [0.05, 0.1) is 29.8 Å². The van der Waals surface area contributed by atoms with E-state index in [0.717, 1.165) is 16.8 Å². The van der Waals surface area contributed by atoms with E-state index in [4.69, 9.17) is 9.47 Å². The molecule has 0 N–H and O–H groups in total. The maximum Gasteiger partial charge on any atom is 0.416 e. The van der Waals surface area contributed by atoms with Gasteiger partial charge in [-0.1, -0.05) is 52.3 Å². The lowest BCUT2D eigenvalue weighted by molar-refractivity contribution is -0.137. The van der Waals surface area contributed by atoms with E-state index >= 15 is 0 Å². The SMILES string of the molecule is COc1cc(Br)cc(C=Nn2c(-c3cccc(C(F)(F)F)c3)nc3ccccc3c2=O)c1OCc1cccc(F)c1. The second-order valence-electron chi connectivity index (χ2n) is 8.84. The molecule has 208 valence electrons. The number of nitrogens with zero attached hydrogens (tertiary/aromatic N) is 3. The van der Waals surface area contributed by atoms with Gasteiger partial charge in [-0.05, 0) is 54.1 Å². The molecule has 1 aromatic heterocycles. The van der Waals surface area contributed by atoms with Crippen molar-refractivity contribution in [2.45, 2.75) is 12.8 Å². The number of halogens is 5. The van der Waals surface area contributed by atoms with Gasteiger partial charge in [0.15, 0.2) is 17.3 Å². The van der Waals surface area contributed by atoms with Gasteiger partial charge in [-0.15, -0.1) is 0 Å². The number of aromatic nitrogens is 2. The Bertz CT molecular complexity index is 1840. The number of fused-ring (bicyclic) bond motifs is 1. The van der Waals surface area contributed by atoms with Crippen LogP contribution in [-0.2, 0) is 12.8 Å². The molecule has 41 heavy (non-hydrogen) atoms. The second kappa shape index (κ2) is 11.5. The summed E-state index contributed by atoms with van der Waals surface area (Å²) in [5.74, 6) is 0.0895. The number of rotatable bonds is 7.